The fourth-order valence-corrected chi connectivity index (χ4v) is 4.77. The molecule has 2 heterocycles. The van der Waals surface area contributed by atoms with Gasteiger partial charge in [0.2, 0.25) is 0 Å². The minimum atomic E-state index is -3.46. The number of carbonyl (C=O) groups is 1. The Morgan fingerprint density at radius 2 is 1.83 bits per heavy atom. The number of fused-ring (bicyclic) bond motifs is 1. The van der Waals surface area contributed by atoms with Crippen molar-refractivity contribution in [2.45, 2.75) is 11.8 Å². The number of hydrogen-bond donors (Lipinski definition) is 2. The van der Waals surface area contributed by atoms with Gasteiger partial charge in [-0.1, -0.05) is 6.92 Å². The van der Waals surface area contributed by atoms with Crippen molar-refractivity contribution in [3.8, 4) is 27.7 Å². The number of phenolic OH excluding ortho intramolecular Hbond substituents is 1. The number of hydrogen-bond acceptors (Lipinski definition) is 7. The molecule has 1 aliphatic heterocycles. The Kier molecular flexibility index (Phi) is 5.40. The van der Waals surface area contributed by atoms with Gasteiger partial charge in [0.15, 0.2) is 21.3 Å². The number of aromatic hydroxyl groups is 1. The molecule has 0 saturated carbocycles. The van der Waals surface area contributed by atoms with Crippen LogP contribution >= 0.6 is 11.3 Å². The van der Waals surface area contributed by atoms with Gasteiger partial charge in [0.05, 0.1) is 21.2 Å². The van der Waals surface area contributed by atoms with E-state index in [4.69, 9.17) is 9.47 Å². The number of carbonyl (C=O) groups excluding carboxylic acids is 1. The molecule has 3 aromatic rings. The minimum Gasteiger partial charge on any atom is -0.506 e. The highest BCUT2D eigenvalue weighted by atomic mass is 32.2. The first-order valence-electron chi connectivity index (χ1n) is 9.24. The van der Waals surface area contributed by atoms with E-state index >= 15 is 0 Å². The molecule has 0 atom stereocenters. The van der Waals surface area contributed by atoms with E-state index in [9.17, 15) is 18.3 Å². The third kappa shape index (κ3) is 3.99. The molecule has 0 spiro atoms. The standard InChI is InChI=1S/C21H19NO6S2/c1-2-30(25,26)14-4-5-16(23)15(12-14)22-21(24)20-8-7-19(29-20)13-3-6-17-18(11-13)28-10-9-27-17/h3-8,11-12,23H,2,9-10H2,1H3,(H,22,24). The molecular formula is C21H19NO6S2. The predicted molar refractivity (Wildman–Crippen MR) is 115 cm³/mol. The first kappa shape index (κ1) is 20.2. The van der Waals surface area contributed by atoms with Crippen LogP contribution in [0.3, 0.4) is 0 Å². The highest BCUT2D eigenvalue weighted by Crippen LogP contribution is 2.37. The maximum Gasteiger partial charge on any atom is 0.265 e. The van der Waals surface area contributed by atoms with Crippen molar-refractivity contribution in [1.29, 1.82) is 0 Å². The van der Waals surface area contributed by atoms with Crippen molar-refractivity contribution in [2.24, 2.45) is 0 Å². The van der Waals surface area contributed by atoms with Crippen molar-refractivity contribution >= 4 is 32.8 Å². The minimum absolute atomic E-state index is 0.0428. The number of benzene rings is 2. The van der Waals surface area contributed by atoms with E-state index in [1.165, 1.54) is 36.5 Å². The van der Waals surface area contributed by atoms with Crippen molar-refractivity contribution < 1.29 is 27.8 Å². The molecule has 0 radical (unpaired) electrons. The van der Waals surface area contributed by atoms with Crippen molar-refractivity contribution in [1.82, 2.24) is 0 Å². The van der Waals surface area contributed by atoms with Crippen molar-refractivity contribution in [3.63, 3.8) is 0 Å². The molecule has 1 aliphatic rings. The van der Waals surface area contributed by atoms with Crippen LogP contribution in [0.2, 0.25) is 0 Å². The molecule has 0 bridgehead atoms. The van der Waals surface area contributed by atoms with E-state index in [2.05, 4.69) is 5.32 Å². The number of sulfone groups is 1. The summed E-state index contributed by atoms with van der Waals surface area (Å²) in [6, 6.07) is 12.9. The first-order valence-corrected chi connectivity index (χ1v) is 11.7. The molecule has 1 aromatic heterocycles. The van der Waals surface area contributed by atoms with Gasteiger partial charge < -0.3 is 19.9 Å². The Hall–Kier alpha value is -3.04. The normalized spacial score (nSPS) is 13.1. The molecule has 2 aromatic carbocycles. The fourth-order valence-electron chi connectivity index (χ4n) is 2.97. The van der Waals surface area contributed by atoms with Gasteiger partial charge in [-0.05, 0) is 54.1 Å². The van der Waals surface area contributed by atoms with E-state index < -0.39 is 15.7 Å². The Bertz CT molecular complexity index is 1220. The number of phenols is 1. The lowest BCUT2D eigenvalue weighted by atomic mass is 10.1. The van der Waals surface area contributed by atoms with Crippen LogP contribution in [0.4, 0.5) is 5.69 Å². The van der Waals surface area contributed by atoms with Gasteiger partial charge in [-0.2, -0.15) is 0 Å². The molecule has 0 aliphatic carbocycles. The summed E-state index contributed by atoms with van der Waals surface area (Å²) in [5.41, 5.74) is 0.936. The van der Waals surface area contributed by atoms with Crippen LogP contribution in [0.25, 0.3) is 10.4 Å². The van der Waals surface area contributed by atoms with Gasteiger partial charge in [0.25, 0.3) is 5.91 Å². The van der Waals surface area contributed by atoms with Crippen LogP contribution in [-0.2, 0) is 9.84 Å². The zero-order chi connectivity index (χ0) is 21.3. The number of rotatable bonds is 5. The van der Waals surface area contributed by atoms with Crippen LogP contribution in [-0.4, -0.2) is 38.4 Å². The van der Waals surface area contributed by atoms with Crippen molar-refractivity contribution in [2.75, 3.05) is 24.3 Å². The third-order valence-electron chi connectivity index (χ3n) is 4.61. The maximum atomic E-state index is 12.7. The summed E-state index contributed by atoms with van der Waals surface area (Å²) in [5.74, 6) is 0.635. The Morgan fingerprint density at radius 1 is 1.07 bits per heavy atom. The maximum absolute atomic E-state index is 12.7. The lowest BCUT2D eigenvalue weighted by molar-refractivity contribution is 0.103. The second-order valence-corrected chi connectivity index (χ2v) is 9.92. The number of ether oxygens (including phenoxy) is 2. The van der Waals surface area contributed by atoms with Gasteiger partial charge in [0.1, 0.15) is 19.0 Å². The average Bonchev–Trinajstić information content (AvgIpc) is 3.25. The lowest BCUT2D eigenvalue weighted by Crippen LogP contribution is -2.15. The second kappa shape index (κ2) is 8.00. The molecule has 1 amide bonds. The number of nitrogens with one attached hydrogen (secondary N) is 1. The molecule has 0 unspecified atom stereocenters. The molecule has 0 saturated heterocycles. The highest BCUT2D eigenvalue weighted by Gasteiger charge is 2.18. The summed E-state index contributed by atoms with van der Waals surface area (Å²) >= 11 is 1.28. The number of anilines is 1. The molecule has 30 heavy (non-hydrogen) atoms. The molecule has 0 fully saturated rings. The van der Waals surface area contributed by atoms with E-state index in [-0.39, 0.29) is 22.1 Å². The molecule has 4 rings (SSSR count). The Balaban J connectivity index is 1.56. The molecule has 156 valence electrons. The van der Waals surface area contributed by atoms with Gasteiger partial charge in [-0.15, -0.1) is 11.3 Å². The third-order valence-corrected chi connectivity index (χ3v) is 7.48. The number of amides is 1. The van der Waals surface area contributed by atoms with Crippen LogP contribution in [0.1, 0.15) is 16.6 Å². The SMILES string of the molecule is CCS(=O)(=O)c1ccc(O)c(NC(=O)c2ccc(-c3ccc4c(c3)OCCO4)s2)c1. The highest BCUT2D eigenvalue weighted by molar-refractivity contribution is 7.91. The summed E-state index contributed by atoms with van der Waals surface area (Å²) < 4.78 is 35.3. The Morgan fingerprint density at radius 3 is 2.60 bits per heavy atom. The van der Waals surface area contributed by atoms with Crippen LogP contribution < -0.4 is 14.8 Å². The lowest BCUT2D eigenvalue weighted by Gasteiger charge is -2.18. The van der Waals surface area contributed by atoms with E-state index in [0.29, 0.717) is 29.6 Å². The smallest absolute Gasteiger partial charge is 0.265 e. The predicted octanol–water partition coefficient (Wildman–Crippen LogP) is 3.94. The molecule has 7 nitrogen and oxygen atoms in total. The van der Waals surface area contributed by atoms with Gasteiger partial charge in [-0.25, -0.2) is 8.42 Å². The molecular weight excluding hydrogens is 426 g/mol. The van der Waals surface area contributed by atoms with Gasteiger partial charge in [0, 0.05) is 4.88 Å². The summed E-state index contributed by atoms with van der Waals surface area (Å²) in [5, 5.41) is 12.6. The quantitative estimate of drug-likeness (QED) is 0.577. The van der Waals surface area contributed by atoms with Crippen LogP contribution in [0.15, 0.2) is 53.4 Å². The van der Waals surface area contributed by atoms with Gasteiger partial charge >= 0.3 is 0 Å². The zero-order valence-electron chi connectivity index (χ0n) is 16.0. The number of thiophene rings is 1. The van der Waals surface area contributed by atoms with Crippen molar-refractivity contribution in [3.05, 3.63) is 53.4 Å². The van der Waals surface area contributed by atoms with Crippen LogP contribution in [0.5, 0.6) is 17.2 Å². The molecule has 9 heteroatoms. The Labute approximate surface area is 177 Å². The topological polar surface area (TPSA) is 102 Å². The summed E-state index contributed by atoms with van der Waals surface area (Å²) in [6.45, 7) is 2.54. The first-order chi connectivity index (χ1) is 14.4. The fraction of sp³-hybridized carbons (Fsp3) is 0.190. The largest absolute Gasteiger partial charge is 0.506 e. The van der Waals surface area contributed by atoms with Crippen LogP contribution in [0, 0.1) is 0 Å². The summed E-state index contributed by atoms with van der Waals surface area (Å²) in [4.78, 5) is 14.0. The summed E-state index contributed by atoms with van der Waals surface area (Å²) in [7, 11) is -3.46. The average molecular weight is 446 g/mol. The zero-order valence-corrected chi connectivity index (χ0v) is 17.7. The molecule has 2 N–H and O–H groups in total. The van der Waals surface area contributed by atoms with Gasteiger partial charge in [-0.3, -0.25) is 4.79 Å². The van der Waals surface area contributed by atoms with E-state index in [0.717, 1.165) is 10.4 Å². The van der Waals surface area contributed by atoms with E-state index in [1.54, 1.807) is 6.07 Å². The summed E-state index contributed by atoms with van der Waals surface area (Å²) in [6.07, 6.45) is 0. The second-order valence-electron chi connectivity index (χ2n) is 6.56. The van der Waals surface area contributed by atoms with E-state index in [1.807, 2.05) is 24.3 Å². The monoisotopic (exact) mass is 445 g/mol.